The molecule has 5 nitrogen and oxygen atoms in total. The fraction of sp³-hybridized carbons (Fsp3) is 0.500. The Bertz CT molecular complexity index is 774. The monoisotopic (exact) mass is 355 g/mol. The zero-order valence-electron chi connectivity index (χ0n) is 11.5. The highest BCUT2D eigenvalue weighted by Gasteiger charge is 2.38. The minimum Gasteiger partial charge on any atom is -0.207 e. The van der Waals surface area contributed by atoms with Crippen molar-refractivity contribution in [2.24, 2.45) is 5.41 Å². The van der Waals surface area contributed by atoms with Crippen molar-refractivity contribution in [1.82, 2.24) is 4.31 Å². The lowest BCUT2D eigenvalue weighted by Gasteiger charge is -2.20. The molecule has 0 spiro atoms. The van der Waals surface area contributed by atoms with Crippen molar-refractivity contribution in [3.05, 3.63) is 24.0 Å². The molecule has 118 valence electrons. The molecule has 1 aliphatic heterocycles. The number of rotatable bonds is 3. The SMILES string of the molecule is CC1(C)CCN(S(=O)(=O)c2ccc(S(=O)(=O)Cl)cc2F)C1. The molecule has 1 fully saturated rings. The van der Waals surface area contributed by atoms with Gasteiger partial charge in [-0.05, 0) is 30.0 Å². The van der Waals surface area contributed by atoms with Gasteiger partial charge in [0.25, 0.3) is 9.05 Å². The summed E-state index contributed by atoms with van der Waals surface area (Å²) in [7, 11) is -2.98. The van der Waals surface area contributed by atoms with E-state index in [-0.39, 0.29) is 5.41 Å². The third-order valence-electron chi connectivity index (χ3n) is 3.45. The molecule has 0 aromatic heterocycles. The molecule has 1 saturated heterocycles. The molecule has 1 aromatic rings. The summed E-state index contributed by atoms with van der Waals surface area (Å²) in [4.78, 5) is -1.01. The van der Waals surface area contributed by atoms with Crippen LogP contribution in [0, 0.1) is 11.2 Å². The number of benzene rings is 1. The van der Waals surface area contributed by atoms with Crippen molar-refractivity contribution in [2.75, 3.05) is 13.1 Å². The van der Waals surface area contributed by atoms with Gasteiger partial charge in [0.1, 0.15) is 10.7 Å². The van der Waals surface area contributed by atoms with Crippen LogP contribution in [-0.4, -0.2) is 34.2 Å². The van der Waals surface area contributed by atoms with E-state index >= 15 is 0 Å². The average Bonchev–Trinajstić information content (AvgIpc) is 2.68. The fourth-order valence-electron chi connectivity index (χ4n) is 2.25. The van der Waals surface area contributed by atoms with E-state index < -0.39 is 34.7 Å². The van der Waals surface area contributed by atoms with Gasteiger partial charge in [-0.25, -0.2) is 21.2 Å². The van der Waals surface area contributed by atoms with Crippen LogP contribution >= 0.6 is 10.7 Å². The smallest absolute Gasteiger partial charge is 0.207 e. The second-order valence-corrected chi connectivity index (χ2v) is 10.3. The van der Waals surface area contributed by atoms with Crippen LogP contribution in [0.15, 0.2) is 28.0 Å². The van der Waals surface area contributed by atoms with E-state index in [1.54, 1.807) is 0 Å². The van der Waals surface area contributed by atoms with Gasteiger partial charge in [0.2, 0.25) is 10.0 Å². The zero-order chi connectivity index (χ0) is 16.1. The fourth-order valence-corrected chi connectivity index (χ4v) is 4.69. The van der Waals surface area contributed by atoms with Gasteiger partial charge in [-0.2, -0.15) is 4.31 Å². The molecule has 0 atom stereocenters. The van der Waals surface area contributed by atoms with E-state index in [0.29, 0.717) is 25.6 Å². The molecule has 1 heterocycles. The summed E-state index contributed by atoms with van der Waals surface area (Å²) in [6.45, 7) is 4.47. The van der Waals surface area contributed by atoms with E-state index in [9.17, 15) is 21.2 Å². The second kappa shape index (κ2) is 5.19. The molecule has 0 radical (unpaired) electrons. The molecule has 0 bridgehead atoms. The van der Waals surface area contributed by atoms with Crippen molar-refractivity contribution in [1.29, 1.82) is 0 Å². The average molecular weight is 356 g/mol. The van der Waals surface area contributed by atoms with Crippen molar-refractivity contribution in [3.63, 3.8) is 0 Å². The summed E-state index contributed by atoms with van der Waals surface area (Å²) in [5, 5.41) is 0. The molecule has 2 rings (SSSR count). The summed E-state index contributed by atoms with van der Waals surface area (Å²) < 4.78 is 62.3. The first-order valence-electron chi connectivity index (χ1n) is 6.18. The van der Waals surface area contributed by atoms with Gasteiger partial charge in [-0.15, -0.1) is 0 Å². The highest BCUT2D eigenvalue weighted by molar-refractivity contribution is 8.13. The maximum Gasteiger partial charge on any atom is 0.261 e. The van der Waals surface area contributed by atoms with Crippen LogP contribution in [0.4, 0.5) is 4.39 Å². The molecule has 0 N–H and O–H groups in total. The quantitative estimate of drug-likeness (QED) is 0.779. The molecule has 1 aromatic carbocycles. The van der Waals surface area contributed by atoms with Gasteiger partial charge in [0.15, 0.2) is 0 Å². The predicted molar refractivity (Wildman–Crippen MR) is 76.6 cm³/mol. The lowest BCUT2D eigenvalue weighted by molar-refractivity contribution is 0.374. The normalized spacial score (nSPS) is 19.8. The van der Waals surface area contributed by atoms with Gasteiger partial charge < -0.3 is 0 Å². The Hall–Kier alpha value is -0.700. The van der Waals surface area contributed by atoms with E-state index in [2.05, 4.69) is 0 Å². The second-order valence-electron chi connectivity index (χ2n) is 5.78. The Labute approximate surface area is 128 Å². The lowest BCUT2D eigenvalue weighted by Crippen LogP contribution is -2.31. The number of nitrogens with zero attached hydrogens (tertiary/aromatic N) is 1. The van der Waals surface area contributed by atoms with E-state index in [1.807, 2.05) is 13.8 Å². The standard InChI is InChI=1S/C12H15ClFNO4S2/c1-12(2)5-6-15(8-12)21(18,19)11-4-3-9(7-10(11)14)20(13,16)17/h3-4,7H,5-6,8H2,1-2H3. The van der Waals surface area contributed by atoms with Gasteiger partial charge in [-0.1, -0.05) is 13.8 Å². The minimum absolute atomic E-state index is 0.164. The van der Waals surface area contributed by atoms with Crippen LogP contribution in [0.5, 0.6) is 0 Å². The van der Waals surface area contributed by atoms with E-state index in [0.717, 1.165) is 12.1 Å². The van der Waals surface area contributed by atoms with Crippen molar-refractivity contribution >= 4 is 29.8 Å². The molecule has 9 heteroatoms. The number of hydrogen-bond acceptors (Lipinski definition) is 4. The molecule has 21 heavy (non-hydrogen) atoms. The van der Waals surface area contributed by atoms with Gasteiger partial charge in [0, 0.05) is 23.8 Å². The van der Waals surface area contributed by atoms with Crippen molar-refractivity contribution in [3.8, 4) is 0 Å². The third-order valence-corrected chi connectivity index (χ3v) is 6.68. The van der Waals surface area contributed by atoms with Crippen molar-refractivity contribution < 1.29 is 21.2 Å². The molecular weight excluding hydrogens is 341 g/mol. The van der Waals surface area contributed by atoms with Crippen LogP contribution < -0.4 is 0 Å². The van der Waals surface area contributed by atoms with Crippen LogP contribution in [0.25, 0.3) is 0 Å². The lowest BCUT2D eigenvalue weighted by atomic mass is 9.93. The van der Waals surface area contributed by atoms with E-state index in [4.69, 9.17) is 10.7 Å². The Morgan fingerprint density at radius 2 is 1.86 bits per heavy atom. The van der Waals surface area contributed by atoms with E-state index in [1.165, 1.54) is 4.31 Å². The van der Waals surface area contributed by atoms with Gasteiger partial charge in [0.05, 0.1) is 4.90 Å². The molecule has 0 saturated carbocycles. The Kier molecular flexibility index (Phi) is 4.12. The maximum atomic E-state index is 14.0. The third kappa shape index (κ3) is 3.39. The summed E-state index contributed by atoms with van der Waals surface area (Å²) in [6, 6.07) is 2.54. The summed E-state index contributed by atoms with van der Waals surface area (Å²) in [5.74, 6) is -1.12. The first-order valence-corrected chi connectivity index (χ1v) is 9.93. The topological polar surface area (TPSA) is 71.5 Å². The molecule has 1 aliphatic rings. The Balaban J connectivity index is 2.43. The predicted octanol–water partition coefficient (Wildman–Crippen LogP) is 2.17. The van der Waals surface area contributed by atoms with Gasteiger partial charge in [-0.3, -0.25) is 0 Å². The molecule has 0 unspecified atom stereocenters. The van der Waals surface area contributed by atoms with Crippen LogP contribution in [0.2, 0.25) is 0 Å². The first kappa shape index (κ1) is 16.7. The minimum atomic E-state index is -4.10. The summed E-state index contributed by atoms with van der Waals surface area (Å²) in [5.41, 5.74) is -0.164. The summed E-state index contributed by atoms with van der Waals surface area (Å²) in [6.07, 6.45) is 0.683. The highest BCUT2D eigenvalue weighted by Crippen LogP contribution is 2.33. The van der Waals surface area contributed by atoms with Crippen LogP contribution in [-0.2, 0) is 19.1 Å². The number of halogens is 2. The Morgan fingerprint density at radius 1 is 1.24 bits per heavy atom. The number of hydrogen-bond donors (Lipinski definition) is 0. The molecule has 0 aliphatic carbocycles. The van der Waals surface area contributed by atoms with Crippen molar-refractivity contribution in [2.45, 2.75) is 30.1 Å². The molecule has 0 amide bonds. The van der Waals surface area contributed by atoms with Crippen LogP contribution in [0.1, 0.15) is 20.3 Å². The number of sulfonamides is 1. The molecular formula is C12H15ClFNO4S2. The summed E-state index contributed by atoms with van der Waals surface area (Å²) >= 11 is 0. The Morgan fingerprint density at radius 3 is 2.29 bits per heavy atom. The highest BCUT2D eigenvalue weighted by atomic mass is 35.7. The first-order chi connectivity index (χ1) is 9.43. The van der Waals surface area contributed by atoms with Crippen LogP contribution in [0.3, 0.4) is 0 Å². The largest absolute Gasteiger partial charge is 0.261 e. The van der Waals surface area contributed by atoms with Gasteiger partial charge >= 0.3 is 0 Å². The maximum absolute atomic E-state index is 14.0. The zero-order valence-corrected chi connectivity index (χ0v) is 13.9.